The minimum absolute atomic E-state index is 0.303. The summed E-state index contributed by atoms with van der Waals surface area (Å²) in [6.07, 6.45) is 3.66. The molecule has 5 rings (SSSR count). The summed E-state index contributed by atoms with van der Waals surface area (Å²) >= 11 is 1.43. The Labute approximate surface area is 201 Å². The van der Waals surface area contributed by atoms with Crippen LogP contribution in [0.1, 0.15) is 50.2 Å². The van der Waals surface area contributed by atoms with Crippen LogP contribution in [0, 0.1) is 11.2 Å². The van der Waals surface area contributed by atoms with Gasteiger partial charge in [-0.3, -0.25) is 0 Å². The molecule has 3 aromatic rings. The third-order valence-electron chi connectivity index (χ3n) is 6.44. The predicted octanol–water partition coefficient (Wildman–Crippen LogP) is 4.77. The summed E-state index contributed by atoms with van der Waals surface area (Å²) in [6.45, 7) is 6.34. The number of likely N-dealkylation sites (tertiary alicyclic amines) is 1. The molecule has 0 bridgehead atoms. The lowest BCUT2D eigenvalue weighted by Crippen LogP contribution is -2.53. The highest BCUT2D eigenvalue weighted by Crippen LogP contribution is 2.51. The van der Waals surface area contributed by atoms with Gasteiger partial charge in [0.15, 0.2) is 0 Å². The fourth-order valence-electron chi connectivity index (χ4n) is 4.87. The monoisotopic (exact) mass is 482 g/mol. The van der Waals surface area contributed by atoms with Gasteiger partial charge in [-0.25, -0.2) is 18.9 Å². The molecule has 1 aliphatic carbocycles. The third-order valence-corrected chi connectivity index (χ3v) is 7.05. The summed E-state index contributed by atoms with van der Waals surface area (Å²) in [5.41, 5.74) is 4.62. The molecular formula is C25H27FN4O3S. The van der Waals surface area contributed by atoms with Gasteiger partial charge in [0.1, 0.15) is 17.5 Å². The predicted molar refractivity (Wildman–Crippen MR) is 127 cm³/mol. The van der Waals surface area contributed by atoms with Crippen LogP contribution in [-0.4, -0.2) is 49.6 Å². The maximum absolute atomic E-state index is 13.5. The number of aliphatic hydroxyl groups is 1. The van der Waals surface area contributed by atoms with Gasteiger partial charge in [-0.05, 0) is 69.5 Å². The molecule has 3 heterocycles. The zero-order valence-corrected chi connectivity index (χ0v) is 20.2. The number of hydrogen-bond acceptors (Lipinski definition) is 6. The number of ether oxygens (including phenoxy) is 1. The SMILES string of the molecule is CC(C)(C)OC(=O)N1CCC2=Cc3c(cnn3-c3ccc(F)cc3)C[C@]2(C(O)c2cscn2)C1. The largest absolute Gasteiger partial charge is 0.444 e. The Hall–Kier alpha value is -3.04. The topological polar surface area (TPSA) is 80.5 Å². The van der Waals surface area contributed by atoms with E-state index in [1.807, 2.05) is 26.2 Å². The first kappa shape index (κ1) is 22.7. The number of nitrogens with zero attached hydrogens (tertiary/aromatic N) is 4. The number of carbonyl (C=O) groups excluding carboxylic acids is 1. The van der Waals surface area contributed by atoms with Crippen LogP contribution in [0.15, 0.2) is 46.9 Å². The third kappa shape index (κ3) is 4.03. The van der Waals surface area contributed by atoms with Crippen LogP contribution in [0.2, 0.25) is 0 Å². The highest BCUT2D eigenvalue weighted by molar-refractivity contribution is 7.07. The molecule has 2 atom stereocenters. The summed E-state index contributed by atoms with van der Waals surface area (Å²) in [7, 11) is 0. The van der Waals surface area contributed by atoms with Crippen molar-refractivity contribution >= 4 is 23.5 Å². The second-order valence-corrected chi connectivity index (χ2v) is 10.6. The second-order valence-electron chi connectivity index (χ2n) is 9.91. The highest BCUT2D eigenvalue weighted by atomic mass is 32.1. The maximum Gasteiger partial charge on any atom is 0.410 e. The van der Waals surface area contributed by atoms with Crippen molar-refractivity contribution in [3.63, 3.8) is 0 Å². The Morgan fingerprint density at radius 3 is 2.74 bits per heavy atom. The smallest absolute Gasteiger partial charge is 0.410 e. The van der Waals surface area contributed by atoms with Crippen LogP contribution in [-0.2, 0) is 11.2 Å². The molecule has 34 heavy (non-hydrogen) atoms. The van der Waals surface area contributed by atoms with Gasteiger partial charge in [-0.1, -0.05) is 5.57 Å². The molecule has 1 N–H and O–H groups in total. The molecule has 1 aromatic carbocycles. The van der Waals surface area contributed by atoms with E-state index < -0.39 is 17.1 Å². The molecule has 0 radical (unpaired) electrons. The molecule has 2 aliphatic rings. The normalized spacial score (nSPS) is 20.9. The number of hydrogen-bond donors (Lipinski definition) is 1. The van der Waals surface area contributed by atoms with Crippen molar-refractivity contribution in [1.82, 2.24) is 19.7 Å². The van der Waals surface area contributed by atoms with E-state index in [0.29, 0.717) is 31.6 Å². The molecule has 1 amide bonds. The number of thiazole rings is 1. The summed E-state index contributed by atoms with van der Waals surface area (Å²) in [5, 5.41) is 18.0. The van der Waals surface area contributed by atoms with Crippen LogP contribution >= 0.6 is 11.3 Å². The van der Waals surface area contributed by atoms with Crippen LogP contribution in [0.25, 0.3) is 11.8 Å². The van der Waals surface area contributed by atoms with Gasteiger partial charge in [0, 0.05) is 23.9 Å². The van der Waals surface area contributed by atoms with Crippen LogP contribution in [0.3, 0.4) is 0 Å². The number of aromatic nitrogens is 3. The van der Waals surface area contributed by atoms with Gasteiger partial charge in [-0.15, -0.1) is 11.3 Å². The van der Waals surface area contributed by atoms with Gasteiger partial charge in [0.25, 0.3) is 0 Å². The molecular weight excluding hydrogens is 455 g/mol. The van der Waals surface area contributed by atoms with E-state index in [9.17, 15) is 14.3 Å². The minimum atomic E-state index is -0.891. The van der Waals surface area contributed by atoms with E-state index in [1.54, 1.807) is 33.4 Å². The second kappa shape index (κ2) is 8.32. The summed E-state index contributed by atoms with van der Waals surface area (Å²) in [5.74, 6) is -0.303. The van der Waals surface area contributed by atoms with Crippen molar-refractivity contribution in [1.29, 1.82) is 0 Å². The fourth-order valence-corrected chi connectivity index (χ4v) is 5.44. The quantitative estimate of drug-likeness (QED) is 0.582. The van der Waals surface area contributed by atoms with Crippen molar-refractivity contribution in [2.75, 3.05) is 13.1 Å². The highest BCUT2D eigenvalue weighted by Gasteiger charge is 2.50. The molecule has 0 spiro atoms. The van der Waals surface area contributed by atoms with E-state index >= 15 is 0 Å². The Kier molecular flexibility index (Phi) is 5.56. The van der Waals surface area contributed by atoms with E-state index in [2.05, 4.69) is 16.2 Å². The molecule has 1 saturated heterocycles. The van der Waals surface area contributed by atoms with E-state index in [0.717, 1.165) is 22.5 Å². The summed E-state index contributed by atoms with van der Waals surface area (Å²) < 4.78 is 20.9. The molecule has 1 fully saturated rings. The number of halogens is 1. The van der Waals surface area contributed by atoms with Crippen LogP contribution in [0.4, 0.5) is 9.18 Å². The van der Waals surface area contributed by atoms with E-state index in [-0.39, 0.29) is 11.9 Å². The molecule has 7 nitrogen and oxygen atoms in total. The number of rotatable bonds is 3. The Balaban J connectivity index is 1.55. The van der Waals surface area contributed by atoms with Crippen LogP contribution in [0.5, 0.6) is 0 Å². The Bertz CT molecular complexity index is 1230. The zero-order chi connectivity index (χ0) is 24.1. The molecule has 1 unspecified atom stereocenters. The van der Waals surface area contributed by atoms with Crippen LogP contribution < -0.4 is 0 Å². The first-order valence-corrected chi connectivity index (χ1v) is 12.2. The number of amides is 1. The van der Waals surface area contributed by atoms with Crippen molar-refractivity contribution in [3.05, 3.63) is 69.7 Å². The molecule has 9 heteroatoms. The lowest BCUT2D eigenvalue weighted by atomic mass is 9.64. The van der Waals surface area contributed by atoms with Gasteiger partial charge in [0.05, 0.1) is 28.8 Å². The first-order valence-electron chi connectivity index (χ1n) is 11.2. The zero-order valence-electron chi connectivity index (χ0n) is 19.4. The van der Waals surface area contributed by atoms with Crippen molar-refractivity contribution in [2.24, 2.45) is 5.41 Å². The Morgan fingerprint density at radius 1 is 1.29 bits per heavy atom. The molecule has 0 saturated carbocycles. The lowest BCUT2D eigenvalue weighted by molar-refractivity contribution is -0.0194. The number of carbonyl (C=O) groups is 1. The molecule has 178 valence electrons. The standard InChI is InChI=1S/C25H27FN4O3S/c1-24(2,3)33-23(32)29-9-8-17-10-21-16(12-28-30(21)19-6-4-18(26)5-7-19)11-25(17,14-29)22(31)20-13-34-15-27-20/h4-7,10,12-13,15,22,31H,8-9,11,14H2,1-3H3/t22?,25-/m0/s1. The van der Waals surface area contributed by atoms with E-state index in [4.69, 9.17) is 4.74 Å². The average molecular weight is 483 g/mol. The van der Waals surface area contributed by atoms with Crippen molar-refractivity contribution in [2.45, 2.75) is 45.3 Å². The lowest BCUT2D eigenvalue weighted by Gasteiger charge is -2.48. The molecule has 2 aromatic heterocycles. The summed E-state index contributed by atoms with van der Waals surface area (Å²) in [4.78, 5) is 19.0. The molecule has 1 aliphatic heterocycles. The van der Waals surface area contributed by atoms with Gasteiger partial charge >= 0.3 is 6.09 Å². The van der Waals surface area contributed by atoms with Crippen molar-refractivity contribution in [3.8, 4) is 5.69 Å². The number of benzene rings is 1. The van der Waals surface area contributed by atoms with Gasteiger partial charge in [-0.2, -0.15) is 5.10 Å². The number of fused-ring (bicyclic) bond motifs is 2. The number of aliphatic hydroxyl groups excluding tert-OH is 1. The average Bonchev–Trinajstić information content (AvgIpc) is 3.46. The minimum Gasteiger partial charge on any atom is -0.444 e. The van der Waals surface area contributed by atoms with Crippen molar-refractivity contribution < 1.29 is 19.0 Å². The maximum atomic E-state index is 13.5. The Morgan fingerprint density at radius 2 is 2.06 bits per heavy atom. The first-order chi connectivity index (χ1) is 16.2. The van der Waals surface area contributed by atoms with Gasteiger partial charge < -0.3 is 14.7 Å². The van der Waals surface area contributed by atoms with E-state index in [1.165, 1.54) is 23.5 Å². The summed E-state index contributed by atoms with van der Waals surface area (Å²) in [6, 6.07) is 6.21. The number of piperidine rings is 1. The fraction of sp³-hybridized carbons (Fsp3) is 0.400. The van der Waals surface area contributed by atoms with Gasteiger partial charge in [0.2, 0.25) is 0 Å².